The van der Waals surface area contributed by atoms with Crippen molar-refractivity contribution >= 4 is 11.6 Å². The number of rotatable bonds is 3. The molecule has 0 aliphatic carbocycles. The number of nitrogens with zero attached hydrogens (tertiary/aromatic N) is 4. The second-order valence-corrected chi connectivity index (χ2v) is 3.46. The number of hydrogen-bond donors (Lipinski definition) is 1. The van der Waals surface area contributed by atoms with Crippen molar-refractivity contribution in [1.82, 2.24) is 20.4 Å². The molecule has 2 aromatic rings. The fourth-order valence-electron chi connectivity index (χ4n) is 1.25. The molecule has 0 aliphatic heterocycles. The Morgan fingerprint density at radius 1 is 1.17 bits per heavy atom. The predicted molar refractivity (Wildman–Crippen MR) is 65.9 cm³/mol. The molecule has 2 heterocycles. The van der Waals surface area contributed by atoms with Crippen LogP contribution >= 0.6 is 0 Å². The molecule has 0 bridgehead atoms. The number of aromatic nitrogens is 3. The van der Waals surface area contributed by atoms with Gasteiger partial charge in [0.2, 0.25) is 0 Å². The third kappa shape index (κ3) is 2.94. The lowest BCUT2D eigenvalue weighted by atomic mass is 10.2. The molecule has 0 aromatic carbocycles. The predicted octanol–water partition coefficient (Wildman–Crippen LogP) is 1.03. The third-order valence-corrected chi connectivity index (χ3v) is 2.20. The van der Waals surface area contributed by atoms with E-state index >= 15 is 0 Å². The second-order valence-electron chi connectivity index (χ2n) is 3.46. The number of hydrogen-bond acceptors (Lipinski definition) is 5. The molecule has 2 rings (SSSR count). The summed E-state index contributed by atoms with van der Waals surface area (Å²) in [5.74, 6) is -0.291. The fraction of sp³-hybridized carbons (Fsp3) is 0.0833. The van der Waals surface area contributed by atoms with Crippen LogP contribution in [0.25, 0.3) is 0 Å². The van der Waals surface area contributed by atoms with Crippen molar-refractivity contribution in [3.8, 4) is 0 Å². The molecule has 6 heteroatoms. The lowest BCUT2D eigenvalue weighted by molar-refractivity contribution is 0.0954. The Morgan fingerprint density at radius 3 is 2.61 bits per heavy atom. The van der Waals surface area contributed by atoms with Gasteiger partial charge in [0.15, 0.2) is 0 Å². The van der Waals surface area contributed by atoms with Crippen molar-refractivity contribution in [2.45, 2.75) is 6.92 Å². The fourth-order valence-corrected chi connectivity index (χ4v) is 1.25. The minimum absolute atomic E-state index is 0.291. The van der Waals surface area contributed by atoms with Crippen LogP contribution in [0, 0.1) is 0 Å². The minimum atomic E-state index is -0.291. The van der Waals surface area contributed by atoms with Crippen LogP contribution in [0.2, 0.25) is 0 Å². The highest BCUT2D eigenvalue weighted by atomic mass is 16.2. The maximum atomic E-state index is 11.7. The number of amides is 1. The highest BCUT2D eigenvalue weighted by Gasteiger charge is 2.04. The van der Waals surface area contributed by atoms with Gasteiger partial charge in [-0.2, -0.15) is 5.10 Å². The van der Waals surface area contributed by atoms with Gasteiger partial charge in [-0.1, -0.05) is 0 Å². The van der Waals surface area contributed by atoms with Gasteiger partial charge in [-0.25, -0.2) is 5.43 Å². The third-order valence-electron chi connectivity index (χ3n) is 2.20. The van der Waals surface area contributed by atoms with Crippen LogP contribution in [0.5, 0.6) is 0 Å². The second kappa shape index (κ2) is 5.62. The zero-order chi connectivity index (χ0) is 12.8. The van der Waals surface area contributed by atoms with Crippen molar-refractivity contribution in [2.24, 2.45) is 5.10 Å². The molecule has 18 heavy (non-hydrogen) atoms. The summed E-state index contributed by atoms with van der Waals surface area (Å²) in [6.45, 7) is 1.75. The van der Waals surface area contributed by atoms with E-state index in [9.17, 15) is 4.79 Å². The zero-order valence-electron chi connectivity index (χ0n) is 9.74. The van der Waals surface area contributed by atoms with Gasteiger partial charge in [0.1, 0.15) is 5.69 Å². The monoisotopic (exact) mass is 241 g/mol. The van der Waals surface area contributed by atoms with E-state index in [1.54, 1.807) is 50.0 Å². The van der Waals surface area contributed by atoms with Crippen LogP contribution < -0.4 is 5.43 Å². The number of pyridine rings is 1. The molecular formula is C12H11N5O. The average molecular weight is 241 g/mol. The smallest absolute Gasteiger partial charge is 0.267 e. The van der Waals surface area contributed by atoms with Gasteiger partial charge in [-0.05, 0) is 19.1 Å². The van der Waals surface area contributed by atoms with Crippen molar-refractivity contribution < 1.29 is 4.79 Å². The van der Waals surface area contributed by atoms with E-state index in [-0.39, 0.29) is 5.91 Å². The van der Waals surface area contributed by atoms with E-state index < -0.39 is 0 Å². The van der Waals surface area contributed by atoms with Gasteiger partial charge in [0.25, 0.3) is 5.91 Å². The van der Waals surface area contributed by atoms with E-state index in [4.69, 9.17) is 0 Å². The first-order valence-corrected chi connectivity index (χ1v) is 5.28. The zero-order valence-corrected chi connectivity index (χ0v) is 9.74. The summed E-state index contributed by atoms with van der Waals surface area (Å²) in [6, 6.07) is 3.23. The Bertz CT molecular complexity index is 553. The Labute approximate surface area is 104 Å². The number of nitrogens with one attached hydrogen (secondary N) is 1. The Morgan fingerprint density at radius 2 is 1.94 bits per heavy atom. The Hall–Kier alpha value is -2.63. The van der Waals surface area contributed by atoms with E-state index in [0.29, 0.717) is 17.0 Å². The Kier molecular flexibility index (Phi) is 3.70. The van der Waals surface area contributed by atoms with Crippen LogP contribution in [-0.4, -0.2) is 26.6 Å². The van der Waals surface area contributed by atoms with Crippen LogP contribution in [0.3, 0.4) is 0 Å². The first-order chi connectivity index (χ1) is 8.77. The normalized spacial score (nSPS) is 11.1. The van der Waals surface area contributed by atoms with Gasteiger partial charge in [0, 0.05) is 30.4 Å². The molecule has 2 aromatic heterocycles. The first kappa shape index (κ1) is 11.8. The van der Waals surface area contributed by atoms with Gasteiger partial charge < -0.3 is 0 Å². The summed E-state index contributed by atoms with van der Waals surface area (Å²) in [5.41, 5.74) is 4.16. The summed E-state index contributed by atoms with van der Waals surface area (Å²) in [6.07, 6.45) is 7.82. The molecule has 0 saturated carbocycles. The molecule has 0 saturated heterocycles. The highest BCUT2D eigenvalue weighted by Crippen LogP contribution is 1.97. The summed E-state index contributed by atoms with van der Waals surface area (Å²) in [7, 11) is 0. The molecule has 0 spiro atoms. The van der Waals surface area contributed by atoms with Crippen molar-refractivity contribution in [3.63, 3.8) is 0 Å². The van der Waals surface area contributed by atoms with E-state index in [1.807, 2.05) is 0 Å². The summed E-state index contributed by atoms with van der Waals surface area (Å²) in [4.78, 5) is 23.5. The maximum absolute atomic E-state index is 11.7. The number of hydrazone groups is 1. The maximum Gasteiger partial charge on any atom is 0.271 e. The number of carbonyl (C=O) groups is 1. The van der Waals surface area contributed by atoms with Crippen molar-refractivity contribution in [2.75, 3.05) is 0 Å². The van der Waals surface area contributed by atoms with Crippen LogP contribution in [0.15, 0.2) is 48.2 Å². The van der Waals surface area contributed by atoms with Crippen molar-refractivity contribution in [3.05, 3.63) is 54.4 Å². The molecule has 0 atom stereocenters. The first-order valence-electron chi connectivity index (χ1n) is 5.28. The standard InChI is InChI=1S/C12H11N5O/c1-9(11-8-14-6-7-15-11)16-17-12(18)10-2-4-13-5-3-10/h2-8H,1H3,(H,17,18)/b16-9+. The van der Waals surface area contributed by atoms with Crippen LogP contribution in [0.1, 0.15) is 23.0 Å². The van der Waals surface area contributed by atoms with E-state index in [2.05, 4.69) is 25.5 Å². The lowest BCUT2D eigenvalue weighted by Gasteiger charge is -2.01. The molecular weight excluding hydrogens is 230 g/mol. The molecule has 0 radical (unpaired) electrons. The van der Waals surface area contributed by atoms with Gasteiger partial charge in [0.05, 0.1) is 11.9 Å². The largest absolute Gasteiger partial charge is 0.271 e. The molecule has 90 valence electrons. The molecule has 1 amide bonds. The average Bonchev–Trinajstić information content (AvgIpc) is 2.46. The van der Waals surface area contributed by atoms with E-state index in [0.717, 1.165) is 0 Å². The van der Waals surface area contributed by atoms with Crippen molar-refractivity contribution in [1.29, 1.82) is 0 Å². The molecule has 1 N–H and O–H groups in total. The summed E-state index contributed by atoms with van der Waals surface area (Å²) >= 11 is 0. The van der Waals surface area contributed by atoms with Gasteiger partial charge in [-0.15, -0.1) is 0 Å². The van der Waals surface area contributed by atoms with Crippen LogP contribution in [0.4, 0.5) is 0 Å². The molecule has 0 unspecified atom stereocenters. The number of carbonyl (C=O) groups excluding carboxylic acids is 1. The lowest BCUT2D eigenvalue weighted by Crippen LogP contribution is -2.19. The quantitative estimate of drug-likeness (QED) is 0.642. The molecule has 0 fully saturated rings. The molecule has 0 aliphatic rings. The Balaban J connectivity index is 2.05. The summed E-state index contributed by atoms with van der Waals surface area (Å²) in [5, 5.41) is 3.96. The van der Waals surface area contributed by atoms with Crippen LogP contribution in [-0.2, 0) is 0 Å². The minimum Gasteiger partial charge on any atom is -0.267 e. The SMILES string of the molecule is C/C(=N\NC(=O)c1ccncc1)c1cnccn1. The van der Waals surface area contributed by atoms with Gasteiger partial charge >= 0.3 is 0 Å². The van der Waals surface area contributed by atoms with E-state index in [1.165, 1.54) is 0 Å². The topological polar surface area (TPSA) is 80.1 Å². The van der Waals surface area contributed by atoms with Gasteiger partial charge in [-0.3, -0.25) is 19.7 Å². The highest BCUT2D eigenvalue weighted by molar-refractivity contribution is 5.99. The molecule has 6 nitrogen and oxygen atoms in total. The summed E-state index contributed by atoms with van der Waals surface area (Å²) < 4.78 is 0.